The van der Waals surface area contributed by atoms with Crippen LogP contribution in [0.1, 0.15) is 22.3 Å². The van der Waals surface area contributed by atoms with Gasteiger partial charge in [-0.05, 0) is 48.2 Å². The Morgan fingerprint density at radius 2 is 1.73 bits per heavy atom. The van der Waals surface area contributed by atoms with Crippen molar-refractivity contribution in [2.45, 2.75) is 20.4 Å². The van der Waals surface area contributed by atoms with Crippen molar-refractivity contribution in [2.24, 2.45) is 0 Å². The summed E-state index contributed by atoms with van der Waals surface area (Å²) in [6, 6.07) is 10.9. The van der Waals surface area contributed by atoms with Gasteiger partial charge in [-0.3, -0.25) is 14.5 Å². The third-order valence-corrected chi connectivity index (χ3v) is 5.04. The molecule has 0 bridgehead atoms. The second-order valence-electron chi connectivity index (χ2n) is 6.37. The SMILES string of the molecule is Cc1ccc(C2=C(Cl)C(=O)N(Cc3ccc4c(c3)OCO4)C2=O)cc1C. The van der Waals surface area contributed by atoms with Crippen LogP contribution in [0, 0.1) is 13.8 Å². The monoisotopic (exact) mass is 369 g/mol. The van der Waals surface area contributed by atoms with Gasteiger partial charge in [-0.15, -0.1) is 0 Å². The van der Waals surface area contributed by atoms with E-state index in [0.717, 1.165) is 21.6 Å². The van der Waals surface area contributed by atoms with Crippen LogP contribution >= 0.6 is 11.6 Å². The zero-order valence-corrected chi connectivity index (χ0v) is 15.1. The van der Waals surface area contributed by atoms with E-state index in [-0.39, 0.29) is 29.9 Å². The minimum Gasteiger partial charge on any atom is -0.454 e. The van der Waals surface area contributed by atoms with Gasteiger partial charge in [0, 0.05) is 0 Å². The minimum absolute atomic E-state index is 0.0426. The first-order chi connectivity index (χ1) is 12.5. The molecule has 0 aromatic heterocycles. The lowest BCUT2D eigenvalue weighted by Crippen LogP contribution is -2.30. The number of hydrogen-bond acceptors (Lipinski definition) is 4. The van der Waals surface area contributed by atoms with E-state index >= 15 is 0 Å². The lowest BCUT2D eigenvalue weighted by molar-refractivity contribution is -0.137. The van der Waals surface area contributed by atoms with Crippen molar-refractivity contribution in [1.29, 1.82) is 0 Å². The summed E-state index contributed by atoms with van der Waals surface area (Å²) in [5.41, 5.74) is 3.82. The fourth-order valence-electron chi connectivity index (χ4n) is 3.06. The van der Waals surface area contributed by atoms with E-state index in [0.29, 0.717) is 17.1 Å². The van der Waals surface area contributed by atoms with Gasteiger partial charge in [0.05, 0.1) is 12.1 Å². The molecule has 2 amide bonds. The average molecular weight is 370 g/mol. The van der Waals surface area contributed by atoms with E-state index in [2.05, 4.69) is 0 Å². The Balaban J connectivity index is 1.63. The molecule has 26 heavy (non-hydrogen) atoms. The molecule has 132 valence electrons. The summed E-state index contributed by atoms with van der Waals surface area (Å²) in [4.78, 5) is 26.6. The Hall–Kier alpha value is -2.79. The first-order valence-electron chi connectivity index (χ1n) is 8.18. The van der Waals surface area contributed by atoms with Crippen LogP contribution in [0.5, 0.6) is 11.5 Å². The molecule has 0 atom stereocenters. The summed E-state index contributed by atoms with van der Waals surface area (Å²) in [5.74, 6) is 0.387. The fraction of sp³-hybridized carbons (Fsp3) is 0.200. The molecule has 0 saturated heterocycles. The van der Waals surface area contributed by atoms with Crippen LogP contribution in [0.25, 0.3) is 5.57 Å². The van der Waals surface area contributed by atoms with E-state index in [9.17, 15) is 9.59 Å². The number of fused-ring (bicyclic) bond motifs is 1. The molecular formula is C20H16ClNO4. The standard InChI is InChI=1S/C20H16ClNO4/c1-11-3-5-14(7-12(11)2)17-18(21)20(24)22(19(17)23)9-13-4-6-15-16(8-13)26-10-25-15/h3-8H,9-10H2,1-2H3. The van der Waals surface area contributed by atoms with Crippen LogP contribution in [-0.2, 0) is 16.1 Å². The number of ether oxygens (including phenoxy) is 2. The largest absolute Gasteiger partial charge is 0.454 e. The molecule has 5 nitrogen and oxygen atoms in total. The number of benzene rings is 2. The Morgan fingerprint density at radius 3 is 2.50 bits per heavy atom. The van der Waals surface area contributed by atoms with Crippen molar-refractivity contribution in [1.82, 2.24) is 4.90 Å². The molecule has 0 unspecified atom stereocenters. The lowest BCUT2D eigenvalue weighted by atomic mass is 10.0. The van der Waals surface area contributed by atoms with Crippen molar-refractivity contribution in [3.63, 3.8) is 0 Å². The maximum atomic E-state index is 12.9. The van der Waals surface area contributed by atoms with Crippen molar-refractivity contribution in [3.8, 4) is 11.5 Å². The van der Waals surface area contributed by atoms with E-state index < -0.39 is 5.91 Å². The molecule has 6 heteroatoms. The molecule has 2 aromatic carbocycles. The summed E-state index contributed by atoms with van der Waals surface area (Å²) in [6.07, 6.45) is 0. The topological polar surface area (TPSA) is 55.8 Å². The number of nitrogens with zero attached hydrogens (tertiary/aromatic N) is 1. The van der Waals surface area contributed by atoms with E-state index in [1.54, 1.807) is 18.2 Å². The highest BCUT2D eigenvalue weighted by atomic mass is 35.5. The molecule has 0 aliphatic carbocycles. The Bertz CT molecular complexity index is 980. The molecule has 0 radical (unpaired) electrons. The van der Waals surface area contributed by atoms with Gasteiger partial charge in [-0.25, -0.2) is 0 Å². The number of halogens is 1. The summed E-state index contributed by atoms with van der Waals surface area (Å²) in [6.45, 7) is 4.24. The smallest absolute Gasteiger partial charge is 0.273 e. The minimum atomic E-state index is -0.484. The van der Waals surface area contributed by atoms with Crippen LogP contribution in [0.4, 0.5) is 0 Å². The number of amides is 2. The molecule has 2 aliphatic rings. The van der Waals surface area contributed by atoms with Gasteiger partial charge in [0.1, 0.15) is 5.03 Å². The summed E-state index contributed by atoms with van der Waals surface area (Å²) >= 11 is 6.23. The predicted molar refractivity (Wildman–Crippen MR) is 96.8 cm³/mol. The molecule has 0 spiro atoms. The first kappa shape index (κ1) is 16.7. The number of aryl methyl sites for hydroxylation is 2. The second-order valence-corrected chi connectivity index (χ2v) is 6.75. The Morgan fingerprint density at radius 1 is 0.962 bits per heavy atom. The maximum absolute atomic E-state index is 12.9. The molecule has 0 N–H and O–H groups in total. The molecule has 0 saturated carbocycles. The quantitative estimate of drug-likeness (QED) is 0.776. The van der Waals surface area contributed by atoms with Crippen molar-refractivity contribution in [3.05, 3.63) is 63.7 Å². The zero-order valence-electron chi connectivity index (χ0n) is 14.3. The molecule has 2 heterocycles. The zero-order chi connectivity index (χ0) is 18.4. The van der Waals surface area contributed by atoms with Gasteiger partial charge < -0.3 is 9.47 Å². The molecule has 4 rings (SSSR count). The van der Waals surface area contributed by atoms with Gasteiger partial charge in [0.2, 0.25) is 6.79 Å². The number of carbonyl (C=O) groups excluding carboxylic acids is 2. The molecular weight excluding hydrogens is 354 g/mol. The van der Waals surface area contributed by atoms with Crippen molar-refractivity contribution < 1.29 is 19.1 Å². The summed E-state index contributed by atoms with van der Waals surface area (Å²) in [7, 11) is 0. The highest BCUT2D eigenvalue weighted by molar-refractivity contribution is 6.55. The summed E-state index contributed by atoms with van der Waals surface area (Å²) < 4.78 is 10.6. The third kappa shape index (κ3) is 2.65. The van der Waals surface area contributed by atoms with Crippen LogP contribution in [0.3, 0.4) is 0 Å². The van der Waals surface area contributed by atoms with E-state index in [1.807, 2.05) is 32.0 Å². The first-order valence-corrected chi connectivity index (χ1v) is 8.55. The number of rotatable bonds is 3. The second kappa shape index (κ2) is 6.18. The van der Waals surface area contributed by atoms with Crippen LogP contribution in [0.15, 0.2) is 41.4 Å². The molecule has 2 aliphatic heterocycles. The van der Waals surface area contributed by atoms with Crippen LogP contribution in [0.2, 0.25) is 0 Å². The van der Waals surface area contributed by atoms with Crippen molar-refractivity contribution in [2.75, 3.05) is 6.79 Å². The van der Waals surface area contributed by atoms with Gasteiger partial charge in [-0.2, -0.15) is 0 Å². The fourth-order valence-corrected chi connectivity index (χ4v) is 3.35. The molecule has 2 aromatic rings. The number of hydrogen-bond donors (Lipinski definition) is 0. The van der Waals surface area contributed by atoms with Gasteiger partial charge in [0.25, 0.3) is 11.8 Å². The lowest BCUT2D eigenvalue weighted by Gasteiger charge is -2.15. The van der Waals surface area contributed by atoms with E-state index in [4.69, 9.17) is 21.1 Å². The van der Waals surface area contributed by atoms with Gasteiger partial charge in [0.15, 0.2) is 11.5 Å². The van der Waals surface area contributed by atoms with Crippen LogP contribution in [-0.4, -0.2) is 23.5 Å². The Kier molecular flexibility index (Phi) is 3.96. The number of carbonyl (C=O) groups is 2. The normalized spacial score (nSPS) is 16.0. The Labute approximate surface area is 155 Å². The van der Waals surface area contributed by atoms with Crippen LogP contribution < -0.4 is 9.47 Å². The average Bonchev–Trinajstić information content (AvgIpc) is 3.16. The number of imide groups is 1. The predicted octanol–water partition coefficient (Wildman–Crippen LogP) is 3.55. The van der Waals surface area contributed by atoms with Gasteiger partial charge in [-0.1, -0.05) is 35.9 Å². The molecule has 0 fully saturated rings. The van der Waals surface area contributed by atoms with E-state index in [1.165, 1.54) is 0 Å². The van der Waals surface area contributed by atoms with Crippen molar-refractivity contribution >= 4 is 29.0 Å². The highest BCUT2D eigenvalue weighted by Gasteiger charge is 2.38. The van der Waals surface area contributed by atoms with Gasteiger partial charge >= 0.3 is 0 Å². The summed E-state index contributed by atoms with van der Waals surface area (Å²) in [5, 5.41) is -0.0426. The maximum Gasteiger partial charge on any atom is 0.273 e. The highest BCUT2D eigenvalue weighted by Crippen LogP contribution is 2.36. The third-order valence-electron chi connectivity index (χ3n) is 4.68.